The molecule has 0 radical (unpaired) electrons. The molecule has 1 heterocycles. The average Bonchev–Trinajstić information content (AvgIpc) is 3.29. The lowest BCUT2D eigenvalue weighted by atomic mass is 9.65. The third-order valence-corrected chi connectivity index (χ3v) is 7.71. The smallest absolute Gasteiger partial charge is 0.249 e. The summed E-state index contributed by atoms with van der Waals surface area (Å²) >= 11 is 0. The Labute approximate surface area is 192 Å². The molecule has 6 heteroatoms. The summed E-state index contributed by atoms with van der Waals surface area (Å²) in [5, 5.41) is 16.5. The van der Waals surface area contributed by atoms with Crippen LogP contribution in [0.5, 0.6) is 0 Å². The first-order valence-corrected chi connectivity index (χ1v) is 11.4. The molecule has 1 fully saturated rings. The molecule has 0 saturated heterocycles. The van der Waals surface area contributed by atoms with Crippen molar-refractivity contribution >= 4 is 12.0 Å². The molecule has 2 atom stereocenters. The fourth-order valence-corrected chi connectivity index (χ4v) is 5.56. The van der Waals surface area contributed by atoms with Gasteiger partial charge in [-0.15, -0.1) is 0 Å². The van der Waals surface area contributed by atoms with E-state index in [9.17, 15) is 14.3 Å². The molecule has 0 aliphatic heterocycles. The molecule has 5 rings (SSSR count). The number of aliphatic hydroxyl groups is 1. The number of carbonyl (C=O) groups is 1. The highest BCUT2D eigenvalue weighted by molar-refractivity contribution is 5.94. The standard InChI is InChI=1S/C27H28FN3O2/c1-17-3-7-22(8-4-17)31-24-13-20-10-12-27(33,26(20,2)15-19(24)16-30-31)11-9-18-5-6-21(28)14-23(18)25(29)32/h3-8,13-14,16,33H,9-12,15H2,1-2H3,(H2,29,32)/t26?,27-/m0/s1. The molecule has 5 nitrogen and oxygen atoms in total. The first kappa shape index (κ1) is 21.6. The van der Waals surface area contributed by atoms with Crippen molar-refractivity contribution in [1.29, 1.82) is 0 Å². The van der Waals surface area contributed by atoms with Crippen LogP contribution in [-0.4, -0.2) is 26.4 Å². The van der Waals surface area contributed by atoms with Crippen molar-refractivity contribution in [2.24, 2.45) is 11.1 Å². The number of aromatic nitrogens is 2. The maximum Gasteiger partial charge on any atom is 0.249 e. The van der Waals surface area contributed by atoms with Gasteiger partial charge < -0.3 is 10.8 Å². The van der Waals surface area contributed by atoms with Crippen LogP contribution in [-0.2, 0) is 12.8 Å². The van der Waals surface area contributed by atoms with E-state index in [-0.39, 0.29) is 5.56 Å². The molecular formula is C27H28FN3O2. The number of rotatable bonds is 5. The minimum Gasteiger partial charge on any atom is -0.389 e. The van der Waals surface area contributed by atoms with E-state index in [2.05, 4.69) is 49.3 Å². The number of nitrogens with zero attached hydrogens (tertiary/aromatic N) is 2. The van der Waals surface area contributed by atoms with Gasteiger partial charge in [0.25, 0.3) is 0 Å². The van der Waals surface area contributed by atoms with Crippen LogP contribution in [0.3, 0.4) is 0 Å². The van der Waals surface area contributed by atoms with Gasteiger partial charge in [0.05, 0.1) is 23.2 Å². The van der Waals surface area contributed by atoms with E-state index in [1.165, 1.54) is 23.3 Å². The largest absolute Gasteiger partial charge is 0.389 e. The van der Waals surface area contributed by atoms with Gasteiger partial charge in [-0.1, -0.05) is 36.3 Å². The quantitative estimate of drug-likeness (QED) is 0.606. The highest BCUT2D eigenvalue weighted by Gasteiger charge is 2.54. The van der Waals surface area contributed by atoms with E-state index in [1.54, 1.807) is 6.07 Å². The van der Waals surface area contributed by atoms with E-state index >= 15 is 0 Å². The number of amides is 1. The van der Waals surface area contributed by atoms with Crippen molar-refractivity contribution in [3.05, 3.63) is 88.0 Å². The van der Waals surface area contributed by atoms with Crippen LogP contribution in [0.25, 0.3) is 11.8 Å². The number of hydrogen-bond acceptors (Lipinski definition) is 3. The lowest BCUT2D eigenvalue weighted by Crippen LogP contribution is -2.45. The summed E-state index contributed by atoms with van der Waals surface area (Å²) in [6.07, 6.45) is 7.15. The van der Waals surface area contributed by atoms with Gasteiger partial charge in [-0.2, -0.15) is 5.10 Å². The van der Waals surface area contributed by atoms with Crippen molar-refractivity contribution in [2.45, 2.75) is 51.6 Å². The predicted molar refractivity (Wildman–Crippen MR) is 126 cm³/mol. The molecule has 0 bridgehead atoms. The van der Waals surface area contributed by atoms with Crippen molar-refractivity contribution in [3.63, 3.8) is 0 Å². The van der Waals surface area contributed by atoms with E-state index in [0.29, 0.717) is 31.2 Å². The van der Waals surface area contributed by atoms with E-state index < -0.39 is 22.7 Å². The molecule has 3 N–H and O–H groups in total. The predicted octanol–water partition coefficient (Wildman–Crippen LogP) is 4.52. The molecule has 1 aromatic heterocycles. The molecule has 33 heavy (non-hydrogen) atoms. The van der Waals surface area contributed by atoms with Gasteiger partial charge in [0.2, 0.25) is 5.91 Å². The monoisotopic (exact) mass is 445 g/mol. The first-order valence-electron chi connectivity index (χ1n) is 11.4. The molecule has 2 aliphatic carbocycles. The molecule has 3 aromatic rings. The van der Waals surface area contributed by atoms with E-state index in [4.69, 9.17) is 5.73 Å². The molecule has 170 valence electrons. The fourth-order valence-electron chi connectivity index (χ4n) is 5.56. The van der Waals surface area contributed by atoms with Crippen LogP contribution in [0.15, 0.2) is 54.2 Å². The number of aryl methyl sites for hydroxylation is 2. The topological polar surface area (TPSA) is 81.1 Å². The van der Waals surface area contributed by atoms with Crippen LogP contribution >= 0.6 is 0 Å². The Bertz CT molecular complexity index is 1280. The molecular weight excluding hydrogens is 417 g/mol. The molecule has 1 amide bonds. The normalized spacial score (nSPS) is 23.7. The number of nitrogens with two attached hydrogens (primary N) is 1. The Morgan fingerprint density at radius 3 is 2.73 bits per heavy atom. The fraction of sp³-hybridized carbons (Fsp3) is 0.333. The minimum absolute atomic E-state index is 0.183. The van der Waals surface area contributed by atoms with Crippen LogP contribution in [0.4, 0.5) is 4.39 Å². The maximum absolute atomic E-state index is 13.6. The van der Waals surface area contributed by atoms with Gasteiger partial charge in [-0.3, -0.25) is 4.79 Å². The Balaban J connectivity index is 1.43. The molecule has 1 unspecified atom stereocenters. The number of primary amides is 1. The second-order valence-corrected chi connectivity index (χ2v) is 9.68. The second-order valence-electron chi connectivity index (χ2n) is 9.68. The zero-order chi connectivity index (χ0) is 23.4. The molecule has 2 aliphatic rings. The average molecular weight is 446 g/mol. The number of carbonyl (C=O) groups excluding carboxylic acids is 1. The number of fused-ring (bicyclic) bond motifs is 2. The SMILES string of the molecule is Cc1ccc(-n2ncc3c2C=C2CC[C@@](O)(CCc4ccc(F)cc4C(N)=O)C2(C)C3)cc1. The van der Waals surface area contributed by atoms with Crippen molar-refractivity contribution < 1.29 is 14.3 Å². The zero-order valence-corrected chi connectivity index (χ0v) is 18.9. The van der Waals surface area contributed by atoms with Gasteiger partial charge in [0.15, 0.2) is 0 Å². The summed E-state index contributed by atoms with van der Waals surface area (Å²) in [6.45, 7) is 4.19. The number of halogens is 1. The van der Waals surface area contributed by atoms with Crippen LogP contribution in [0.2, 0.25) is 0 Å². The van der Waals surface area contributed by atoms with Gasteiger partial charge in [0, 0.05) is 11.0 Å². The van der Waals surface area contributed by atoms with Crippen molar-refractivity contribution in [1.82, 2.24) is 9.78 Å². The first-order chi connectivity index (χ1) is 15.7. The van der Waals surface area contributed by atoms with Gasteiger partial charge in [-0.25, -0.2) is 9.07 Å². The van der Waals surface area contributed by atoms with E-state index in [1.807, 2.05) is 10.9 Å². The third kappa shape index (κ3) is 3.49. The lowest BCUT2D eigenvalue weighted by molar-refractivity contribution is -0.0461. The summed E-state index contributed by atoms with van der Waals surface area (Å²) in [5.41, 5.74) is 10.6. The van der Waals surface area contributed by atoms with Gasteiger partial charge >= 0.3 is 0 Å². The summed E-state index contributed by atoms with van der Waals surface area (Å²) in [5.74, 6) is -1.14. The van der Waals surface area contributed by atoms with Crippen LogP contribution in [0, 0.1) is 18.2 Å². The maximum atomic E-state index is 13.6. The van der Waals surface area contributed by atoms with Gasteiger partial charge in [-0.05, 0) is 80.5 Å². The van der Waals surface area contributed by atoms with Crippen molar-refractivity contribution in [2.75, 3.05) is 0 Å². The Kier molecular flexibility index (Phi) is 5.01. The molecule has 2 aromatic carbocycles. The van der Waals surface area contributed by atoms with Gasteiger partial charge in [0.1, 0.15) is 5.82 Å². The number of hydrogen-bond donors (Lipinski definition) is 2. The summed E-state index contributed by atoms with van der Waals surface area (Å²) in [6, 6.07) is 12.4. The number of benzene rings is 2. The van der Waals surface area contributed by atoms with Crippen LogP contribution in [0.1, 0.15) is 58.9 Å². The van der Waals surface area contributed by atoms with Crippen LogP contribution < -0.4 is 5.73 Å². The summed E-state index contributed by atoms with van der Waals surface area (Å²) in [4.78, 5) is 11.8. The Morgan fingerprint density at radius 1 is 1.24 bits per heavy atom. The minimum atomic E-state index is -0.939. The molecule has 1 saturated carbocycles. The van der Waals surface area contributed by atoms with Crippen molar-refractivity contribution in [3.8, 4) is 5.69 Å². The molecule has 0 spiro atoms. The Morgan fingerprint density at radius 2 is 2.00 bits per heavy atom. The third-order valence-electron chi connectivity index (χ3n) is 7.71. The van der Waals surface area contributed by atoms with E-state index in [0.717, 1.165) is 23.4 Å². The Hall–Kier alpha value is -3.25. The summed E-state index contributed by atoms with van der Waals surface area (Å²) in [7, 11) is 0. The highest BCUT2D eigenvalue weighted by Crippen LogP contribution is 2.56. The lowest BCUT2D eigenvalue weighted by Gasteiger charge is -2.42. The second kappa shape index (κ2) is 7.66. The summed E-state index contributed by atoms with van der Waals surface area (Å²) < 4.78 is 15.6. The highest BCUT2D eigenvalue weighted by atomic mass is 19.1. The zero-order valence-electron chi connectivity index (χ0n) is 18.9.